The van der Waals surface area contributed by atoms with E-state index in [4.69, 9.17) is 19.7 Å². The molecule has 2 aromatic heterocycles. The van der Waals surface area contributed by atoms with Crippen LogP contribution in [-0.2, 0) is 37.8 Å². The number of carboxylic acid groups (broad SMARTS) is 1. The predicted molar refractivity (Wildman–Crippen MR) is 163 cm³/mol. The molecule has 2 aliphatic rings. The molecule has 2 aliphatic heterocycles. The van der Waals surface area contributed by atoms with Gasteiger partial charge >= 0.3 is 23.0 Å². The molecule has 0 aromatic carbocycles. The van der Waals surface area contributed by atoms with Crippen LogP contribution in [-0.4, -0.2) is 42.1 Å². The maximum atomic E-state index is 11.5. The van der Waals surface area contributed by atoms with Gasteiger partial charge in [-0.3, -0.25) is 14.6 Å². The molecule has 4 rings (SSSR count). The van der Waals surface area contributed by atoms with Gasteiger partial charge in [0.2, 0.25) is 0 Å². The smallest absolute Gasteiger partial charge is 0.663 e. The molecule has 1 N–H and O–H groups in total. The van der Waals surface area contributed by atoms with E-state index in [1.807, 2.05) is 45.1 Å². The van der Waals surface area contributed by atoms with Gasteiger partial charge in [-0.25, -0.2) is 4.99 Å². The number of aromatic nitrogens is 2. The van der Waals surface area contributed by atoms with Gasteiger partial charge in [0.05, 0.1) is 18.0 Å². The van der Waals surface area contributed by atoms with Crippen molar-refractivity contribution in [1.29, 1.82) is 0 Å². The Hall–Kier alpha value is -3.94. The second-order valence-corrected chi connectivity index (χ2v) is 10.4. The van der Waals surface area contributed by atoms with Gasteiger partial charge in [-0.2, -0.15) is 6.20 Å². The van der Waals surface area contributed by atoms with Crippen molar-refractivity contribution in [2.45, 2.75) is 47.0 Å². The van der Waals surface area contributed by atoms with Crippen molar-refractivity contribution in [1.82, 2.24) is 9.97 Å². The summed E-state index contributed by atoms with van der Waals surface area (Å²) >= 11 is 0. The minimum absolute atomic E-state index is 0. The topological polar surface area (TPSA) is 117 Å². The van der Waals surface area contributed by atoms with Crippen LogP contribution in [0.2, 0.25) is 0 Å². The van der Waals surface area contributed by atoms with Gasteiger partial charge in [-0.1, -0.05) is 60.6 Å². The molecule has 0 radical (unpaired) electrons. The third kappa shape index (κ3) is 6.92. The van der Waals surface area contributed by atoms with E-state index < -0.39 is 5.97 Å². The first-order valence-electron chi connectivity index (χ1n) is 13.7. The van der Waals surface area contributed by atoms with Gasteiger partial charge < -0.3 is 19.8 Å². The fraction of sp³-hybridized carbons (Fsp3) is 0.333. The van der Waals surface area contributed by atoms with Gasteiger partial charge in [0.25, 0.3) is 6.47 Å². The third-order valence-corrected chi connectivity index (χ3v) is 7.88. The van der Waals surface area contributed by atoms with Gasteiger partial charge in [-0.05, 0) is 49.8 Å². The fourth-order valence-electron chi connectivity index (χ4n) is 5.33. The molecule has 0 fully saturated rings. The van der Waals surface area contributed by atoms with Crippen molar-refractivity contribution in [2.75, 3.05) is 13.2 Å². The number of hydrogen-bond acceptors (Lipinski definition) is 5. The zero-order valence-electron chi connectivity index (χ0n) is 24.5. The molecule has 2 aromatic rings. The predicted octanol–water partition coefficient (Wildman–Crippen LogP) is 3.70. The molecule has 0 aliphatic carbocycles. The van der Waals surface area contributed by atoms with E-state index in [1.54, 1.807) is 12.3 Å². The van der Waals surface area contributed by atoms with Crippen molar-refractivity contribution in [3.63, 3.8) is 0 Å². The Labute approximate surface area is 256 Å². The van der Waals surface area contributed by atoms with Crippen molar-refractivity contribution >= 4 is 48.2 Å². The van der Waals surface area contributed by atoms with Crippen LogP contribution < -0.4 is 20.7 Å². The standard InChI is InChI=1S/C33H37N4O4.Fe/c1-7-23-17-35-27(20(23)4)13-28-22(6)26(11-12-41-18-38)32(36-28)15-31-25(9-10-33(39)40)21(5)29(37-31)14-30-24(8-2)19(3)16-34-30;/h7-8,13-15,17-19,24H,1-2,9-12,16H2,3-6H3,(H2-,34,35,36,37,39,40);/q-1;+2/p-1. The van der Waals surface area contributed by atoms with Crippen LogP contribution in [0.15, 0.2) is 52.3 Å². The average molecular weight is 609 g/mol. The molecule has 0 saturated heterocycles. The number of hydrogen-bond donors (Lipinski definition) is 1. The molecule has 9 heteroatoms. The van der Waals surface area contributed by atoms with E-state index in [9.17, 15) is 14.7 Å². The van der Waals surface area contributed by atoms with Crippen LogP contribution in [0.3, 0.4) is 0 Å². The molecule has 8 nitrogen and oxygen atoms in total. The van der Waals surface area contributed by atoms with Crippen LogP contribution in [0, 0.1) is 25.7 Å². The number of ether oxygens (including phenoxy) is 1. The number of carbonyl (C=O) groups excluding carboxylic acids is 1. The molecule has 0 spiro atoms. The fourth-order valence-corrected chi connectivity index (χ4v) is 5.33. The van der Waals surface area contributed by atoms with E-state index in [-0.39, 0.29) is 36.0 Å². The molecule has 0 saturated carbocycles. The average Bonchev–Trinajstić information content (AvgIpc) is 3.65. The summed E-state index contributed by atoms with van der Waals surface area (Å²) in [6, 6.07) is 0. The molecular weight excluding hydrogens is 572 g/mol. The van der Waals surface area contributed by atoms with E-state index in [2.05, 4.69) is 25.1 Å². The largest absolute Gasteiger partial charge is 2.00 e. The summed E-state index contributed by atoms with van der Waals surface area (Å²) in [7, 11) is 0. The molecular formula is C33H36FeN4O4. The maximum Gasteiger partial charge on any atom is 2.00 e. The van der Waals surface area contributed by atoms with Crippen LogP contribution >= 0.6 is 0 Å². The molecule has 2 unspecified atom stereocenters. The molecule has 2 atom stereocenters. The summed E-state index contributed by atoms with van der Waals surface area (Å²) in [6.45, 7) is 17.3. The first kappa shape index (κ1) is 32.6. The van der Waals surface area contributed by atoms with Gasteiger partial charge in [-0.15, -0.1) is 23.0 Å². The summed E-state index contributed by atoms with van der Waals surface area (Å²) in [5, 5.41) is 10.9. The number of aliphatic carboxylic acids is 1. The van der Waals surface area contributed by atoms with Gasteiger partial charge in [0.15, 0.2) is 0 Å². The summed E-state index contributed by atoms with van der Waals surface area (Å²) in [5.41, 5.74) is 8.88. The summed E-state index contributed by atoms with van der Waals surface area (Å²) < 4.78 is 5.01. The number of carboxylic acids is 1. The Morgan fingerprint density at radius 2 is 1.90 bits per heavy atom. The summed E-state index contributed by atoms with van der Waals surface area (Å²) in [6.07, 6.45) is 12.1. The quantitative estimate of drug-likeness (QED) is 0.170. The molecule has 42 heavy (non-hydrogen) atoms. The number of rotatable bonds is 12. The number of allylic oxidation sites excluding steroid dienone is 2. The zero-order chi connectivity index (χ0) is 29.7. The minimum atomic E-state index is -0.870. The van der Waals surface area contributed by atoms with E-state index in [0.29, 0.717) is 36.3 Å². The zero-order valence-corrected chi connectivity index (χ0v) is 25.6. The first-order chi connectivity index (χ1) is 19.7. The van der Waals surface area contributed by atoms with E-state index >= 15 is 0 Å². The molecule has 0 bridgehead atoms. The van der Waals surface area contributed by atoms with E-state index in [0.717, 1.165) is 62.4 Å². The SMILES string of the molecule is C=Cc1c[n-]c(/C=C2N=C(/C=c3\[n-]/c(=C\C4=NCC(C)C4C=C)c(C)c3CCC(=O)O)C(CCOC=O)=C\2C)c1C.[Fe+2]. The third-order valence-electron chi connectivity index (χ3n) is 7.88. The Morgan fingerprint density at radius 1 is 1.14 bits per heavy atom. The molecule has 0 amide bonds. The Morgan fingerprint density at radius 3 is 2.55 bits per heavy atom. The van der Waals surface area contributed by atoms with Crippen molar-refractivity contribution in [3.8, 4) is 0 Å². The van der Waals surface area contributed by atoms with Crippen LogP contribution in [0.25, 0.3) is 24.3 Å². The number of aliphatic imine (C=N–C) groups is 2. The number of carbonyl (C=O) groups is 2. The Bertz CT molecular complexity index is 1630. The van der Waals surface area contributed by atoms with E-state index in [1.165, 1.54) is 0 Å². The van der Waals surface area contributed by atoms with Gasteiger partial charge in [0, 0.05) is 31.0 Å². The van der Waals surface area contributed by atoms with Crippen LogP contribution in [0.4, 0.5) is 0 Å². The normalized spacial score (nSPS) is 20.0. The summed E-state index contributed by atoms with van der Waals surface area (Å²) in [5.74, 6) is -0.347. The first-order valence-corrected chi connectivity index (χ1v) is 13.7. The maximum absolute atomic E-state index is 11.5. The van der Waals surface area contributed by atoms with Crippen molar-refractivity contribution < 1.29 is 36.5 Å². The Kier molecular flexibility index (Phi) is 11.1. The molecule has 220 valence electrons. The van der Waals surface area contributed by atoms with Crippen molar-refractivity contribution in [2.24, 2.45) is 21.8 Å². The minimum Gasteiger partial charge on any atom is -0.663 e. The number of nitrogens with zero attached hydrogens (tertiary/aromatic N) is 4. The second kappa shape index (κ2) is 14.3. The Balaban J connectivity index is 0.00000484. The summed E-state index contributed by atoms with van der Waals surface area (Å²) in [4.78, 5) is 41.5. The van der Waals surface area contributed by atoms with Crippen LogP contribution in [0.1, 0.15) is 54.6 Å². The molecule has 4 heterocycles. The van der Waals surface area contributed by atoms with Crippen molar-refractivity contribution in [3.05, 3.63) is 80.9 Å². The van der Waals surface area contributed by atoms with Crippen LogP contribution in [0.5, 0.6) is 0 Å². The van der Waals surface area contributed by atoms with Gasteiger partial charge in [0.1, 0.15) is 0 Å². The monoisotopic (exact) mass is 608 g/mol. The second-order valence-electron chi connectivity index (χ2n) is 10.4.